The molecule has 0 radical (unpaired) electrons. The average molecular weight is 401 g/mol. The summed E-state index contributed by atoms with van der Waals surface area (Å²) in [6.45, 7) is 4.24. The molecule has 2 aliphatic rings. The van der Waals surface area contributed by atoms with Crippen LogP contribution in [0.4, 0.5) is 18.9 Å². The highest BCUT2D eigenvalue weighted by Crippen LogP contribution is 2.37. The Hall–Kier alpha value is -1.87. The molecule has 0 spiro atoms. The summed E-state index contributed by atoms with van der Waals surface area (Å²) in [5.41, 5.74) is -0.215. The summed E-state index contributed by atoms with van der Waals surface area (Å²) >= 11 is -2.08. The fourth-order valence-corrected chi connectivity index (χ4v) is 4.40. The van der Waals surface area contributed by atoms with Crippen LogP contribution in [-0.4, -0.2) is 29.2 Å². The number of hydrogen-bond acceptors (Lipinski definition) is 3. The van der Waals surface area contributed by atoms with E-state index in [4.69, 9.17) is 0 Å². The summed E-state index contributed by atoms with van der Waals surface area (Å²) in [6, 6.07) is 2.76. The molecule has 2 heterocycles. The molecule has 1 fully saturated rings. The molecule has 27 heavy (non-hydrogen) atoms. The summed E-state index contributed by atoms with van der Waals surface area (Å²) < 4.78 is 57.0. The lowest BCUT2D eigenvalue weighted by Crippen LogP contribution is -2.34. The van der Waals surface area contributed by atoms with Crippen molar-refractivity contribution in [3.05, 3.63) is 35.2 Å². The Balaban J connectivity index is 1.96. The SMILES string of the molecule is CC(C)CC1CC=C(c2ccc(C(F)F)c(N3CC(=O)NS3=O)c2F)CN1. The number of rotatable bonds is 5. The van der Waals surface area contributed by atoms with E-state index in [1.165, 1.54) is 6.07 Å². The maximum absolute atomic E-state index is 15.2. The summed E-state index contributed by atoms with van der Waals surface area (Å²) in [5, 5.41) is 3.35. The molecule has 148 valence electrons. The topological polar surface area (TPSA) is 61.4 Å². The van der Waals surface area contributed by atoms with Crippen molar-refractivity contribution >= 4 is 28.3 Å². The van der Waals surface area contributed by atoms with Crippen LogP contribution in [0, 0.1) is 11.7 Å². The highest BCUT2D eigenvalue weighted by atomic mass is 32.2. The number of carbonyl (C=O) groups is 1. The van der Waals surface area contributed by atoms with Crippen LogP contribution in [-0.2, 0) is 16.0 Å². The van der Waals surface area contributed by atoms with E-state index in [2.05, 4.69) is 23.9 Å². The van der Waals surface area contributed by atoms with E-state index in [9.17, 15) is 17.8 Å². The van der Waals surface area contributed by atoms with Gasteiger partial charge >= 0.3 is 0 Å². The number of benzene rings is 1. The Morgan fingerprint density at radius 3 is 2.59 bits per heavy atom. The van der Waals surface area contributed by atoms with Crippen molar-refractivity contribution in [3.63, 3.8) is 0 Å². The predicted molar refractivity (Wildman–Crippen MR) is 98.8 cm³/mol. The number of hydrogen-bond donors (Lipinski definition) is 2. The number of halogens is 3. The number of nitrogens with zero attached hydrogens (tertiary/aromatic N) is 1. The van der Waals surface area contributed by atoms with Crippen LogP contribution in [0.15, 0.2) is 18.2 Å². The molecule has 2 N–H and O–H groups in total. The van der Waals surface area contributed by atoms with Gasteiger partial charge in [0.1, 0.15) is 6.54 Å². The minimum atomic E-state index is -2.95. The summed E-state index contributed by atoms with van der Waals surface area (Å²) in [6.07, 6.45) is 0.667. The molecule has 3 rings (SSSR count). The normalized spacial score (nSPS) is 23.1. The van der Waals surface area contributed by atoms with Crippen LogP contribution >= 0.6 is 0 Å². The second kappa shape index (κ2) is 8.02. The Morgan fingerprint density at radius 2 is 2.07 bits per heavy atom. The third kappa shape index (κ3) is 4.19. The molecule has 1 amide bonds. The first-order chi connectivity index (χ1) is 12.8. The van der Waals surface area contributed by atoms with Crippen LogP contribution in [0.3, 0.4) is 0 Å². The molecule has 5 nitrogen and oxygen atoms in total. The van der Waals surface area contributed by atoms with Crippen molar-refractivity contribution in [1.82, 2.24) is 10.0 Å². The van der Waals surface area contributed by atoms with Crippen molar-refractivity contribution < 1.29 is 22.2 Å². The lowest BCUT2D eigenvalue weighted by molar-refractivity contribution is -0.117. The Bertz CT molecular complexity index is 798. The molecule has 1 saturated heterocycles. The van der Waals surface area contributed by atoms with Gasteiger partial charge in [0.2, 0.25) is 11.2 Å². The van der Waals surface area contributed by atoms with E-state index in [-0.39, 0.29) is 5.56 Å². The molecule has 0 aliphatic carbocycles. The van der Waals surface area contributed by atoms with Gasteiger partial charge in [0.05, 0.1) is 5.69 Å². The highest BCUT2D eigenvalue weighted by molar-refractivity contribution is 7.85. The van der Waals surface area contributed by atoms with E-state index in [1.54, 1.807) is 0 Å². The molecule has 2 unspecified atom stereocenters. The standard InChI is InChI=1S/C18H22F3N3O2S/c1-10(2)7-12-4-3-11(8-22-12)13-5-6-14(18(20)21)17(16(13)19)24-9-15(25)23-27(24)26/h3,5-6,10,12,18,22H,4,7-9H2,1-2H3,(H,23,25). The second-order valence-electron chi connectivity index (χ2n) is 7.15. The lowest BCUT2D eigenvalue weighted by atomic mass is 9.93. The Kier molecular flexibility index (Phi) is 5.90. The van der Waals surface area contributed by atoms with E-state index >= 15 is 4.39 Å². The second-order valence-corrected chi connectivity index (χ2v) is 8.29. The molecular weight excluding hydrogens is 379 g/mol. The molecule has 0 aromatic heterocycles. The van der Waals surface area contributed by atoms with Gasteiger partial charge in [-0.15, -0.1) is 0 Å². The zero-order valence-electron chi connectivity index (χ0n) is 15.1. The molecule has 9 heteroatoms. The first-order valence-corrected chi connectivity index (χ1v) is 9.90. The van der Waals surface area contributed by atoms with Crippen LogP contribution in [0.2, 0.25) is 0 Å². The minimum absolute atomic E-state index is 0.182. The first kappa shape index (κ1) is 19.9. The van der Waals surface area contributed by atoms with Crippen molar-refractivity contribution in [3.8, 4) is 0 Å². The van der Waals surface area contributed by atoms with Gasteiger partial charge in [0.15, 0.2) is 5.82 Å². The number of anilines is 1. The summed E-state index contributed by atoms with van der Waals surface area (Å²) in [7, 11) is 0. The van der Waals surface area contributed by atoms with Gasteiger partial charge in [-0.1, -0.05) is 32.1 Å². The first-order valence-electron chi connectivity index (χ1n) is 8.80. The smallest absolute Gasteiger partial charge is 0.265 e. The van der Waals surface area contributed by atoms with Crippen LogP contribution < -0.4 is 14.3 Å². The van der Waals surface area contributed by atoms with Crippen LogP contribution in [0.5, 0.6) is 0 Å². The monoisotopic (exact) mass is 401 g/mol. The molecule has 2 aliphatic heterocycles. The van der Waals surface area contributed by atoms with Crippen molar-refractivity contribution in [2.45, 2.75) is 39.2 Å². The molecule has 1 aromatic rings. The van der Waals surface area contributed by atoms with Crippen LogP contribution in [0.1, 0.15) is 44.2 Å². The maximum Gasteiger partial charge on any atom is 0.265 e. The average Bonchev–Trinajstić information content (AvgIpc) is 2.92. The van der Waals surface area contributed by atoms with Gasteiger partial charge in [0, 0.05) is 23.7 Å². The molecular formula is C18H22F3N3O2S. The zero-order valence-corrected chi connectivity index (χ0v) is 15.9. The van der Waals surface area contributed by atoms with E-state index in [0.717, 1.165) is 16.8 Å². The van der Waals surface area contributed by atoms with Crippen LogP contribution in [0.25, 0.3) is 5.57 Å². The lowest BCUT2D eigenvalue weighted by Gasteiger charge is -2.27. The van der Waals surface area contributed by atoms with E-state index in [1.807, 2.05) is 6.08 Å². The highest BCUT2D eigenvalue weighted by Gasteiger charge is 2.34. The molecule has 0 saturated carbocycles. The van der Waals surface area contributed by atoms with Gasteiger partial charge in [-0.3, -0.25) is 13.8 Å². The van der Waals surface area contributed by atoms with Gasteiger partial charge in [-0.25, -0.2) is 17.4 Å². The number of amides is 1. The third-order valence-electron chi connectivity index (χ3n) is 4.65. The van der Waals surface area contributed by atoms with E-state index in [0.29, 0.717) is 30.5 Å². The minimum Gasteiger partial charge on any atom is -0.310 e. The van der Waals surface area contributed by atoms with Crippen molar-refractivity contribution in [2.75, 3.05) is 17.4 Å². The van der Waals surface area contributed by atoms with Gasteiger partial charge in [-0.2, -0.15) is 0 Å². The maximum atomic E-state index is 15.2. The number of alkyl halides is 2. The largest absolute Gasteiger partial charge is 0.310 e. The van der Waals surface area contributed by atoms with Crippen molar-refractivity contribution in [1.29, 1.82) is 0 Å². The van der Waals surface area contributed by atoms with E-state index < -0.39 is 47.1 Å². The third-order valence-corrected chi connectivity index (χ3v) is 5.77. The fourth-order valence-electron chi connectivity index (χ4n) is 3.44. The molecule has 2 atom stereocenters. The number of nitrogens with one attached hydrogen (secondary N) is 2. The van der Waals surface area contributed by atoms with Crippen molar-refractivity contribution in [2.24, 2.45) is 5.92 Å². The molecule has 0 bridgehead atoms. The van der Waals surface area contributed by atoms with Gasteiger partial charge in [-0.05, 0) is 24.3 Å². The number of carbonyl (C=O) groups excluding carboxylic acids is 1. The Morgan fingerprint density at radius 1 is 1.33 bits per heavy atom. The Labute approximate surface area is 158 Å². The molecule has 1 aromatic carbocycles. The quantitative estimate of drug-likeness (QED) is 0.797. The fraction of sp³-hybridized carbons (Fsp3) is 0.500. The predicted octanol–water partition coefficient (Wildman–Crippen LogP) is 3.07. The van der Waals surface area contributed by atoms with Gasteiger partial charge < -0.3 is 5.32 Å². The summed E-state index contributed by atoms with van der Waals surface area (Å²) in [4.78, 5) is 11.5. The zero-order chi connectivity index (χ0) is 19.7. The summed E-state index contributed by atoms with van der Waals surface area (Å²) in [5.74, 6) is -0.956. The van der Waals surface area contributed by atoms with Gasteiger partial charge in [0.25, 0.3) is 12.3 Å².